The van der Waals surface area contributed by atoms with Crippen LogP contribution in [0.5, 0.6) is 17.2 Å². The van der Waals surface area contributed by atoms with Crippen molar-refractivity contribution in [2.75, 3.05) is 0 Å². The molecule has 0 saturated carbocycles. The molecule has 0 bridgehead atoms. The molecule has 1 N–H and O–H groups in total. The van der Waals surface area contributed by atoms with Crippen molar-refractivity contribution < 1.29 is 38.4 Å². The van der Waals surface area contributed by atoms with Crippen LogP contribution in [-0.2, 0) is 22.6 Å². The molecule has 4 rings (SSSR count). The lowest BCUT2D eigenvalue weighted by atomic mass is 9.79. The predicted molar refractivity (Wildman–Crippen MR) is 115 cm³/mol. The van der Waals surface area contributed by atoms with Crippen LogP contribution in [0.2, 0.25) is 0 Å². The molecular weight excluding hydrogens is 433 g/mol. The van der Waals surface area contributed by atoms with Gasteiger partial charge in [0.25, 0.3) is 5.69 Å². The van der Waals surface area contributed by atoms with Gasteiger partial charge in [-0.2, -0.15) is 0 Å². The lowest BCUT2D eigenvalue weighted by Gasteiger charge is -2.08. The van der Waals surface area contributed by atoms with Gasteiger partial charge in [0.05, 0.1) is 11.3 Å². The van der Waals surface area contributed by atoms with Crippen molar-refractivity contribution in [3.8, 4) is 17.2 Å². The maximum absolute atomic E-state index is 11.8. The summed E-state index contributed by atoms with van der Waals surface area (Å²) in [4.78, 5) is 32.8. The van der Waals surface area contributed by atoms with E-state index in [0.717, 1.165) is 5.46 Å². The summed E-state index contributed by atoms with van der Waals surface area (Å²) in [5.41, 5.74) is 1.91. The maximum Gasteiger partial charge on any atom is 0.632 e. The van der Waals surface area contributed by atoms with Crippen LogP contribution in [0.4, 0.5) is 10.5 Å². The van der Waals surface area contributed by atoms with Crippen LogP contribution in [0.15, 0.2) is 66.7 Å². The Morgan fingerprint density at radius 3 is 2.27 bits per heavy atom. The van der Waals surface area contributed by atoms with Gasteiger partial charge in [0.1, 0.15) is 23.9 Å². The van der Waals surface area contributed by atoms with E-state index in [1.807, 2.05) is 0 Å². The molecule has 0 radical (unpaired) electrons. The monoisotopic (exact) mass is 449 g/mol. The molecule has 33 heavy (non-hydrogen) atoms. The number of carbonyl (C=O) groups excluding carboxylic acids is 1. The van der Waals surface area contributed by atoms with Crippen LogP contribution < -0.4 is 19.5 Å². The fourth-order valence-corrected chi connectivity index (χ4v) is 3.09. The number of hydrogen-bond acceptors (Lipinski definition) is 8. The number of carbonyl (C=O) groups is 2. The van der Waals surface area contributed by atoms with Crippen molar-refractivity contribution >= 4 is 30.4 Å². The highest BCUT2D eigenvalue weighted by molar-refractivity contribution is 6.63. The highest BCUT2D eigenvalue weighted by Gasteiger charge is 2.34. The molecule has 10 nitrogen and oxygen atoms in total. The van der Waals surface area contributed by atoms with Gasteiger partial charge in [-0.15, -0.1) is 0 Å². The number of carboxylic acids is 1. The Kier molecular flexibility index (Phi) is 6.12. The van der Waals surface area contributed by atoms with Gasteiger partial charge in [-0.1, -0.05) is 30.3 Å². The predicted octanol–water partition coefficient (Wildman–Crippen LogP) is 3.10. The summed E-state index contributed by atoms with van der Waals surface area (Å²) in [6, 6.07) is 17.0. The second kappa shape index (κ2) is 9.31. The van der Waals surface area contributed by atoms with Crippen molar-refractivity contribution in [3.05, 3.63) is 88.0 Å². The third-order valence-electron chi connectivity index (χ3n) is 4.69. The number of non-ortho nitro benzene ring substituents is 1. The molecule has 0 atom stereocenters. The average Bonchev–Trinajstić information content (AvgIpc) is 3.21. The van der Waals surface area contributed by atoms with E-state index in [-0.39, 0.29) is 24.5 Å². The first-order chi connectivity index (χ1) is 15.9. The van der Waals surface area contributed by atoms with Gasteiger partial charge in [-0.3, -0.25) is 14.9 Å². The van der Waals surface area contributed by atoms with Gasteiger partial charge in [0.15, 0.2) is 0 Å². The molecular formula is C22H16BNO9. The minimum atomic E-state index is -0.942. The number of nitro benzene ring substituents is 1. The standard InChI is InChI=1S/C22H16BNO9/c25-21(26)12-15-3-10-19-20(11-15)33-23(32-19)16-4-1-14(2-5-16)13-30-22(27)31-18-8-6-17(7-9-18)24(28)29/h1-11H,12-13H2,(H,25,26). The number of carboxylic acid groups (broad SMARTS) is 1. The zero-order valence-corrected chi connectivity index (χ0v) is 17.0. The molecule has 1 aliphatic heterocycles. The van der Waals surface area contributed by atoms with Crippen molar-refractivity contribution in [1.82, 2.24) is 0 Å². The van der Waals surface area contributed by atoms with Gasteiger partial charge < -0.3 is 23.9 Å². The second-order valence-electron chi connectivity index (χ2n) is 7.05. The minimum absolute atomic E-state index is 0.0444. The van der Waals surface area contributed by atoms with Crippen molar-refractivity contribution in [2.24, 2.45) is 0 Å². The Balaban J connectivity index is 1.30. The fourth-order valence-electron chi connectivity index (χ4n) is 3.09. The van der Waals surface area contributed by atoms with Crippen molar-refractivity contribution in [3.63, 3.8) is 0 Å². The second-order valence-corrected chi connectivity index (χ2v) is 7.05. The van der Waals surface area contributed by atoms with E-state index in [1.165, 1.54) is 24.3 Å². The van der Waals surface area contributed by atoms with Crippen LogP contribution in [-0.4, -0.2) is 29.3 Å². The summed E-state index contributed by atoms with van der Waals surface area (Å²) in [6.07, 6.45) is -1.05. The maximum atomic E-state index is 11.8. The molecule has 11 heteroatoms. The van der Waals surface area contributed by atoms with Gasteiger partial charge in [-0.25, -0.2) is 4.79 Å². The number of benzene rings is 3. The molecule has 0 amide bonds. The molecule has 0 aromatic heterocycles. The van der Waals surface area contributed by atoms with Gasteiger partial charge in [-0.05, 0) is 35.4 Å². The Morgan fingerprint density at radius 1 is 0.939 bits per heavy atom. The summed E-state index contributed by atoms with van der Waals surface area (Å²) in [6.45, 7) is -0.0444. The van der Waals surface area contributed by atoms with Crippen molar-refractivity contribution in [2.45, 2.75) is 13.0 Å². The van der Waals surface area contributed by atoms with Crippen LogP contribution in [0, 0.1) is 10.1 Å². The van der Waals surface area contributed by atoms with E-state index in [9.17, 15) is 19.7 Å². The number of aliphatic carboxylic acids is 1. The molecule has 3 aromatic rings. The van der Waals surface area contributed by atoms with Crippen LogP contribution in [0.25, 0.3) is 0 Å². The SMILES string of the molecule is O=C(O)Cc1ccc2c(c1)OB(c1ccc(COC(=O)Oc3ccc([N+](=O)[O-])cc3)cc1)O2. The van der Waals surface area contributed by atoms with Crippen molar-refractivity contribution in [1.29, 1.82) is 0 Å². The molecule has 0 fully saturated rings. The van der Waals surface area contributed by atoms with E-state index in [2.05, 4.69) is 0 Å². The molecule has 0 spiro atoms. The number of fused-ring (bicyclic) bond motifs is 1. The van der Waals surface area contributed by atoms with Gasteiger partial charge in [0, 0.05) is 17.6 Å². The third kappa shape index (κ3) is 5.39. The molecule has 0 unspecified atom stereocenters. The smallest absolute Gasteiger partial charge is 0.519 e. The highest BCUT2D eigenvalue weighted by Crippen LogP contribution is 2.34. The van der Waals surface area contributed by atoms with Gasteiger partial charge in [0.2, 0.25) is 0 Å². The summed E-state index contributed by atoms with van der Waals surface area (Å²) in [5, 5.41) is 19.6. The Bertz CT molecular complexity index is 1200. The fraction of sp³-hybridized carbons (Fsp3) is 0.0909. The summed E-state index contributed by atoms with van der Waals surface area (Å²) < 4.78 is 21.6. The Labute approximate surface area is 187 Å². The topological polar surface area (TPSA) is 134 Å². The molecule has 1 heterocycles. The number of rotatable bonds is 7. The summed E-state index contributed by atoms with van der Waals surface area (Å²) in [7, 11) is -0.679. The molecule has 1 aliphatic rings. The largest absolute Gasteiger partial charge is 0.632 e. The number of hydrogen-bond donors (Lipinski definition) is 1. The van der Waals surface area contributed by atoms with E-state index in [0.29, 0.717) is 22.6 Å². The molecule has 0 aliphatic carbocycles. The zero-order chi connectivity index (χ0) is 23.4. The minimum Gasteiger partial charge on any atom is -0.519 e. The van der Waals surface area contributed by atoms with E-state index < -0.39 is 24.2 Å². The molecule has 166 valence electrons. The first-order valence-electron chi connectivity index (χ1n) is 9.73. The number of nitro groups is 1. The summed E-state index contributed by atoms with van der Waals surface area (Å²) >= 11 is 0. The normalized spacial score (nSPS) is 11.7. The van der Waals surface area contributed by atoms with Gasteiger partial charge >= 0.3 is 19.2 Å². The van der Waals surface area contributed by atoms with Crippen LogP contribution in [0.1, 0.15) is 11.1 Å². The third-order valence-corrected chi connectivity index (χ3v) is 4.69. The zero-order valence-electron chi connectivity index (χ0n) is 17.0. The summed E-state index contributed by atoms with van der Waals surface area (Å²) in [5.74, 6) is 0.193. The lowest BCUT2D eigenvalue weighted by Crippen LogP contribution is -2.38. The average molecular weight is 449 g/mol. The molecule has 0 saturated heterocycles. The van der Waals surface area contributed by atoms with E-state index in [4.69, 9.17) is 23.9 Å². The number of nitrogens with zero attached hydrogens (tertiary/aromatic N) is 1. The Morgan fingerprint density at radius 2 is 1.61 bits per heavy atom. The lowest BCUT2D eigenvalue weighted by molar-refractivity contribution is -0.384. The quantitative estimate of drug-likeness (QED) is 0.190. The highest BCUT2D eigenvalue weighted by atomic mass is 16.7. The molecule has 3 aromatic carbocycles. The van der Waals surface area contributed by atoms with E-state index >= 15 is 0 Å². The van der Waals surface area contributed by atoms with E-state index in [1.54, 1.807) is 42.5 Å². The van der Waals surface area contributed by atoms with Crippen LogP contribution >= 0.6 is 0 Å². The number of ether oxygens (including phenoxy) is 2. The Hall–Kier alpha value is -4.54. The first kappa shape index (κ1) is 21.7. The van der Waals surface area contributed by atoms with Crippen LogP contribution in [0.3, 0.4) is 0 Å². The first-order valence-corrected chi connectivity index (χ1v) is 9.73.